The zero-order valence-corrected chi connectivity index (χ0v) is 12.5. The van der Waals surface area contributed by atoms with E-state index in [1.165, 1.54) is 43.6 Å². The molecule has 2 unspecified atom stereocenters. The molecule has 0 aromatic carbocycles. The molecule has 0 radical (unpaired) electrons. The van der Waals surface area contributed by atoms with Crippen LogP contribution in [0.3, 0.4) is 0 Å². The van der Waals surface area contributed by atoms with E-state index in [2.05, 4.69) is 17.9 Å². The monoisotopic (exact) mass is 277 g/mol. The lowest BCUT2D eigenvalue weighted by atomic mass is 9.89. The third-order valence-corrected chi connectivity index (χ3v) is 5.56. The number of aryl methyl sites for hydroxylation is 1. The van der Waals surface area contributed by atoms with Gasteiger partial charge in [-0.25, -0.2) is 0 Å². The van der Waals surface area contributed by atoms with Crippen LogP contribution in [0.25, 0.3) is 0 Å². The molecule has 1 aliphatic carbocycles. The van der Waals surface area contributed by atoms with Gasteiger partial charge in [-0.15, -0.1) is 11.3 Å². The van der Waals surface area contributed by atoms with Crippen molar-refractivity contribution >= 4 is 17.1 Å². The number of Topliss-reactive ketones (excluding diaryl/α,β-unsaturated/α-hetero) is 1. The van der Waals surface area contributed by atoms with E-state index in [0.29, 0.717) is 11.7 Å². The van der Waals surface area contributed by atoms with Crippen LogP contribution in [0.2, 0.25) is 0 Å². The highest BCUT2D eigenvalue weighted by atomic mass is 32.1. The van der Waals surface area contributed by atoms with E-state index in [-0.39, 0.29) is 5.92 Å². The van der Waals surface area contributed by atoms with Crippen molar-refractivity contribution in [1.82, 2.24) is 4.90 Å². The Hall–Kier alpha value is -0.670. The Labute approximate surface area is 119 Å². The summed E-state index contributed by atoms with van der Waals surface area (Å²) in [7, 11) is 0. The number of hydrogen-bond donors (Lipinski definition) is 0. The summed E-state index contributed by atoms with van der Waals surface area (Å²) in [4.78, 5) is 16.4. The second-order valence-electron chi connectivity index (χ2n) is 6.12. The number of ketones is 1. The maximum absolute atomic E-state index is 12.6. The number of carbonyl (C=O) groups excluding carboxylic acids is 1. The fraction of sp³-hybridized carbons (Fsp3) is 0.688. The number of carbonyl (C=O) groups is 1. The Kier molecular flexibility index (Phi) is 4.04. The zero-order valence-electron chi connectivity index (χ0n) is 11.7. The normalized spacial score (nSPS) is 28.1. The smallest absolute Gasteiger partial charge is 0.167 e. The predicted octanol–water partition coefficient (Wildman–Crippen LogP) is 3.75. The number of likely N-dealkylation sites (tertiary alicyclic amines) is 1. The molecule has 0 amide bonds. The summed E-state index contributed by atoms with van der Waals surface area (Å²) in [6.07, 6.45) is 6.27. The van der Waals surface area contributed by atoms with Crippen LogP contribution in [0.4, 0.5) is 0 Å². The van der Waals surface area contributed by atoms with Crippen molar-refractivity contribution in [1.29, 1.82) is 0 Å². The molecule has 2 heterocycles. The van der Waals surface area contributed by atoms with Crippen LogP contribution in [0.5, 0.6) is 0 Å². The molecule has 3 rings (SSSR count). The first-order valence-corrected chi connectivity index (χ1v) is 8.44. The first kappa shape index (κ1) is 13.3. The molecule has 1 saturated carbocycles. The van der Waals surface area contributed by atoms with Gasteiger partial charge in [-0.05, 0) is 57.7 Å². The summed E-state index contributed by atoms with van der Waals surface area (Å²) in [5, 5.41) is 2.04. The Morgan fingerprint density at radius 1 is 1.32 bits per heavy atom. The first-order valence-electron chi connectivity index (χ1n) is 7.56. The van der Waals surface area contributed by atoms with Crippen molar-refractivity contribution in [3.05, 3.63) is 21.9 Å². The van der Waals surface area contributed by atoms with Crippen LogP contribution in [0.1, 0.15) is 47.3 Å². The van der Waals surface area contributed by atoms with Crippen LogP contribution < -0.4 is 0 Å². The summed E-state index contributed by atoms with van der Waals surface area (Å²) in [5.41, 5.74) is 0.959. The van der Waals surface area contributed by atoms with E-state index in [1.54, 1.807) is 11.3 Å². The Morgan fingerprint density at radius 3 is 2.79 bits per heavy atom. The van der Waals surface area contributed by atoms with Crippen molar-refractivity contribution in [2.24, 2.45) is 11.8 Å². The highest BCUT2D eigenvalue weighted by molar-refractivity contribution is 7.10. The number of thiophene rings is 1. The lowest BCUT2D eigenvalue weighted by Crippen LogP contribution is -2.31. The first-order chi connectivity index (χ1) is 9.24. The molecule has 2 nitrogen and oxygen atoms in total. The minimum atomic E-state index is 0.287. The standard InChI is InChI=1S/C16H23NOS/c1-12-9-14(11-19-12)16(18)15-6-4-5-13(15)10-17-7-2-3-8-17/h9,11,13,15H,2-8,10H2,1H3. The van der Waals surface area contributed by atoms with Crippen molar-refractivity contribution < 1.29 is 4.79 Å². The Bertz CT molecular complexity index is 447. The zero-order chi connectivity index (χ0) is 13.2. The third kappa shape index (κ3) is 2.92. The molecule has 0 spiro atoms. The lowest BCUT2D eigenvalue weighted by Gasteiger charge is -2.24. The highest BCUT2D eigenvalue weighted by Gasteiger charge is 2.34. The van der Waals surface area contributed by atoms with Crippen LogP contribution in [-0.4, -0.2) is 30.3 Å². The van der Waals surface area contributed by atoms with Gasteiger partial charge in [0.1, 0.15) is 0 Å². The van der Waals surface area contributed by atoms with E-state index in [9.17, 15) is 4.79 Å². The lowest BCUT2D eigenvalue weighted by molar-refractivity contribution is 0.0873. The van der Waals surface area contributed by atoms with E-state index in [0.717, 1.165) is 18.5 Å². The molecule has 2 atom stereocenters. The number of hydrogen-bond acceptors (Lipinski definition) is 3. The largest absolute Gasteiger partial charge is 0.303 e. The molecular weight excluding hydrogens is 254 g/mol. The van der Waals surface area contributed by atoms with E-state index in [4.69, 9.17) is 0 Å². The minimum Gasteiger partial charge on any atom is -0.303 e. The summed E-state index contributed by atoms with van der Waals surface area (Å²) in [6.45, 7) is 5.72. The SMILES string of the molecule is Cc1cc(C(=O)C2CCCC2CN2CCCC2)cs1. The van der Waals surface area contributed by atoms with E-state index < -0.39 is 0 Å². The molecule has 3 heteroatoms. The van der Waals surface area contributed by atoms with Crippen molar-refractivity contribution in [3.8, 4) is 0 Å². The molecule has 1 saturated heterocycles. The predicted molar refractivity (Wildman–Crippen MR) is 79.9 cm³/mol. The molecule has 1 aromatic rings. The maximum Gasteiger partial charge on any atom is 0.167 e. The summed E-state index contributed by atoms with van der Waals surface area (Å²) < 4.78 is 0. The molecule has 0 bridgehead atoms. The average Bonchev–Trinajstić information content (AvgIpc) is 3.10. The van der Waals surface area contributed by atoms with Crippen LogP contribution in [0.15, 0.2) is 11.4 Å². The molecule has 0 N–H and O–H groups in total. The second-order valence-corrected chi connectivity index (χ2v) is 7.23. The quantitative estimate of drug-likeness (QED) is 0.781. The molecule has 1 aliphatic heterocycles. The third-order valence-electron chi connectivity index (χ3n) is 4.70. The fourth-order valence-electron chi connectivity index (χ4n) is 3.68. The van der Waals surface area contributed by atoms with E-state index in [1.807, 2.05) is 5.38 Å². The van der Waals surface area contributed by atoms with Gasteiger partial charge >= 0.3 is 0 Å². The summed E-state index contributed by atoms with van der Waals surface area (Å²) in [5.74, 6) is 1.30. The van der Waals surface area contributed by atoms with Gasteiger partial charge in [-0.2, -0.15) is 0 Å². The number of nitrogens with zero attached hydrogens (tertiary/aromatic N) is 1. The minimum absolute atomic E-state index is 0.287. The van der Waals surface area contributed by atoms with Gasteiger partial charge in [-0.1, -0.05) is 6.42 Å². The van der Waals surface area contributed by atoms with Crippen molar-refractivity contribution in [3.63, 3.8) is 0 Å². The Morgan fingerprint density at radius 2 is 2.11 bits per heavy atom. The fourth-order valence-corrected chi connectivity index (χ4v) is 4.38. The van der Waals surface area contributed by atoms with Crippen molar-refractivity contribution in [2.45, 2.75) is 39.0 Å². The highest BCUT2D eigenvalue weighted by Crippen LogP contribution is 2.36. The summed E-state index contributed by atoms with van der Waals surface area (Å²) >= 11 is 1.69. The van der Waals surface area contributed by atoms with Gasteiger partial charge in [0.2, 0.25) is 0 Å². The average molecular weight is 277 g/mol. The van der Waals surface area contributed by atoms with Gasteiger partial charge in [0.25, 0.3) is 0 Å². The van der Waals surface area contributed by atoms with Crippen LogP contribution in [0, 0.1) is 18.8 Å². The summed E-state index contributed by atoms with van der Waals surface area (Å²) in [6, 6.07) is 2.07. The van der Waals surface area contributed by atoms with Gasteiger partial charge in [0.15, 0.2) is 5.78 Å². The molecular formula is C16H23NOS. The topological polar surface area (TPSA) is 20.3 Å². The molecule has 2 aliphatic rings. The molecule has 1 aromatic heterocycles. The second kappa shape index (κ2) is 5.76. The molecule has 19 heavy (non-hydrogen) atoms. The van der Waals surface area contributed by atoms with Gasteiger partial charge < -0.3 is 4.90 Å². The molecule has 2 fully saturated rings. The molecule has 104 valence electrons. The van der Waals surface area contributed by atoms with Gasteiger partial charge in [-0.3, -0.25) is 4.79 Å². The van der Waals surface area contributed by atoms with Gasteiger partial charge in [0.05, 0.1) is 0 Å². The number of rotatable bonds is 4. The van der Waals surface area contributed by atoms with E-state index >= 15 is 0 Å². The Balaban J connectivity index is 1.66. The van der Waals surface area contributed by atoms with Crippen molar-refractivity contribution in [2.75, 3.05) is 19.6 Å². The van der Waals surface area contributed by atoms with Crippen LogP contribution in [-0.2, 0) is 0 Å². The van der Waals surface area contributed by atoms with Gasteiger partial charge in [0, 0.05) is 28.3 Å². The van der Waals surface area contributed by atoms with Crippen LogP contribution >= 0.6 is 11.3 Å². The maximum atomic E-state index is 12.6.